The number of para-hydroxylation sites is 1. The number of furan rings is 1. The third-order valence-corrected chi connectivity index (χ3v) is 5.24. The molecule has 0 bridgehead atoms. The zero-order valence-electron chi connectivity index (χ0n) is 15.3. The second-order valence-corrected chi connectivity index (χ2v) is 7.36. The Labute approximate surface area is 183 Å². The Morgan fingerprint density at radius 3 is 2.48 bits per heavy atom. The van der Waals surface area contributed by atoms with E-state index in [-0.39, 0.29) is 33.1 Å². The predicted octanol–water partition coefficient (Wildman–Crippen LogP) is 6.38. The van der Waals surface area contributed by atoms with Crippen LogP contribution < -0.4 is 14.8 Å². The number of pyridine rings is 1. The summed E-state index contributed by atoms with van der Waals surface area (Å²) in [7, 11) is 0. The molecule has 0 aliphatic carbocycles. The molecule has 5 rings (SSSR count). The molecule has 3 heterocycles. The van der Waals surface area contributed by atoms with Crippen molar-refractivity contribution in [1.29, 1.82) is 0 Å². The molecule has 2 aromatic carbocycles. The van der Waals surface area contributed by atoms with Crippen LogP contribution in [0.25, 0.3) is 22.1 Å². The first-order valence-electron chi connectivity index (χ1n) is 8.85. The van der Waals surface area contributed by atoms with Crippen molar-refractivity contribution in [3.63, 3.8) is 0 Å². The molecular weight excluding hydrogens is 453 g/mol. The van der Waals surface area contributed by atoms with Gasteiger partial charge < -0.3 is 19.2 Å². The normalized spacial score (nSPS) is 14.1. The van der Waals surface area contributed by atoms with Crippen LogP contribution in [-0.4, -0.2) is 17.2 Å². The summed E-state index contributed by atoms with van der Waals surface area (Å²) in [5.41, 5.74) is 1.42. The van der Waals surface area contributed by atoms with Crippen LogP contribution in [0.3, 0.4) is 0 Å². The molecule has 1 aliphatic rings. The average Bonchev–Trinajstić information content (AvgIpc) is 3.23. The number of hydrogen-bond acceptors (Lipinski definition) is 5. The Balaban J connectivity index is 1.38. The Morgan fingerprint density at radius 2 is 1.77 bits per heavy atom. The van der Waals surface area contributed by atoms with Gasteiger partial charge in [-0.15, -0.1) is 8.78 Å². The first kappa shape index (κ1) is 19.6. The molecule has 0 spiro atoms. The van der Waals surface area contributed by atoms with Crippen molar-refractivity contribution in [2.45, 2.75) is 6.29 Å². The van der Waals surface area contributed by atoms with Crippen LogP contribution in [0.15, 0.2) is 59.1 Å². The maximum Gasteiger partial charge on any atom is 0.586 e. The lowest BCUT2D eigenvalue weighted by Gasteiger charge is -2.07. The van der Waals surface area contributed by atoms with Gasteiger partial charge in [-0.3, -0.25) is 4.79 Å². The molecule has 10 heteroatoms. The molecule has 6 nitrogen and oxygen atoms in total. The number of alkyl halides is 2. The van der Waals surface area contributed by atoms with Gasteiger partial charge in [-0.25, -0.2) is 4.98 Å². The summed E-state index contributed by atoms with van der Waals surface area (Å²) in [5.74, 6) is -0.661. The van der Waals surface area contributed by atoms with Crippen molar-refractivity contribution in [1.82, 2.24) is 4.98 Å². The minimum atomic E-state index is -3.74. The fraction of sp³-hybridized carbons (Fsp3) is 0.0476. The number of nitrogens with zero attached hydrogens (tertiary/aromatic N) is 1. The Morgan fingerprint density at radius 1 is 1.03 bits per heavy atom. The van der Waals surface area contributed by atoms with Gasteiger partial charge in [-0.1, -0.05) is 35.3 Å². The topological polar surface area (TPSA) is 73.6 Å². The van der Waals surface area contributed by atoms with Crippen molar-refractivity contribution in [2.75, 3.05) is 5.32 Å². The smallest absolute Gasteiger partial charge is 0.449 e. The Kier molecular flexibility index (Phi) is 4.49. The maximum atomic E-state index is 13.3. The number of nitrogens with one attached hydrogen (secondary N) is 1. The summed E-state index contributed by atoms with van der Waals surface area (Å²) in [6.07, 6.45) is -2.31. The first-order chi connectivity index (χ1) is 14.8. The molecule has 0 fully saturated rings. The molecule has 1 aliphatic heterocycles. The number of rotatable bonds is 3. The van der Waals surface area contributed by atoms with E-state index in [1.807, 2.05) is 0 Å². The molecule has 4 aromatic rings. The maximum absolute atomic E-state index is 13.3. The molecule has 0 saturated heterocycles. The molecule has 31 heavy (non-hydrogen) atoms. The molecule has 0 saturated carbocycles. The van der Waals surface area contributed by atoms with E-state index in [9.17, 15) is 13.6 Å². The third kappa shape index (κ3) is 3.54. The summed E-state index contributed by atoms with van der Waals surface area (Å²) in [6.45, 7) is 0. The van der Waals surface area contributed by atoms with Crippen LogP contribution >= 0.6 is 23.2 Å². The van der Waals surface area contributed by atoms with Crippen LogP contribution in [-0.2, 0) is 0 Å². The zero-order valence-corrected chi connectivity index (χ0v) is 16.8. The van der Waals surface area contributed by atoms with Crippen molar-refractivity contribution in [2.24, 2.45) is 0 Å². The summed E-state index contributed by atoms with van der Waals surface area (Å²) < 4.78 is 40.9. The minimum Gasteiger partial charge on any atom is -0.449 e. The largest absolute Gasteiger partial charge is 0.586 e. The van der Waals surface area contributed by atoms with Crippen LogP contribution in [0, 0.1) is 0 Å². The van der Waals surface area contributed by atoms with Gasteiger partial charge in [0.05, 0.1) is 10.0 Å². The summed E-state index contributed by atoms with van der Waals surface area (Å²) in [6, 6.07) is 12.7. The number of carbonyl (C=O) groups is 1. The number of amides is 1. The first-order valence-corrected chi connectivity index (χ1v) is 9.60. The molecule has 0 unspecified atom stereocenters. The highest BCUT2D eigenvalue weighted by molar-refractivity contribution is 6.38. The van der Waals surface area contributed by atoms with Crippen molar-refractivity contribution in [3.8, 4) is 22.6 Å². The quantitative estimate of drug-likeness (QED) is 0.382. The van der Waals surface area contributed by atoms with Crippen molar-refractivity contribution < 1.29 is 27.5 Å². The van der Waals surface area contributed by atoms with E-state index in [0.717, 1.165) is 0 Å². The fourth-order valence-corrected chi connectivity index (χ4v) is 3.70. The standard InChI is InChI=1S/C21H10Cl2F2N2O4/c22-13-8-16-15(30-21(24,25)31-16)7-12(13)10-5-6-17(26-9-10)27-20(28)19-18(23)11-3-1-2-4-14(11)29-19/h1-9H,(H,26,27,28). The zero-order chi connectivity index (χ0) is 21.8. The summed E-state index contributed by atoms with van der Waals surface area (Å²) in [4.78, 5) is 16.7. The summed E-state index contributed by atoms with van der Waals surface area (Å²) >= 11 is 12.4. The second kappa shape index (κ2) is 7.11. The van der Waals surface area contributed by atoms with Gasteiger partial charge in [-0.2, -0.15) is 0 Å². The van der Waals surface area contributed by atoms with Crippen LogP contribution in [0.4, 0.5) is 14.6 Å². The Hall–Kier alpha value is -3.36. The van der Waals surface area contributed by atoms with Gasteiger partial charge in [0.1, 0.15) is 11.4 Å². The number of anilines is 1. The van der Waals surface area contributed by atoms with Crippen LogP contribution in [0.1, 0.15) is 10.6 Å². The van der Waals surface area contributed by atoms with E-state index in [1.54, 1.807) is 30.3 Å². The Bertz CT molecular complexity index is 1340. The molecule has 156 valence electrons. The molecular formula is C21H10Cl2F2N2O4. The number of hydrogen-bond donors (Lipinski definition) is 1. The number of carbonyl (C=O) groups excluding carboxylic acids is 1. The van der Waals surface area contributed by atoms with E-state index in [4.69, 9.17) is 27.6 Å². The lowest BCUT2D eigenvalue weighted by Crippen LogP contribution is -2.25. The van der Waals surface area contributed by atoms with E-state index < -0.39 is 12.2 Å². The highest BCUT2D eigenvalue weighted by Gasteiger charge is 2.43. The average molecular weight is 463 g/mol. The summed E-state index contributed by atoms with van der Waals surface area (Å²) in [5, 5.41) is 3.60. The number of aromatic nitrogens is 1. The van der Waals surface area contributed by atoms with Gasteiger partial charge in [0.25, 0.3) is 5.91 Å². The molecule has 1 amide bonds. The van der Waals surface area contributed by atoms with Gasteiger partial charge in [0.2, 0.25) is 5.76 Å². The molecule has 0 atom stereocenters. The highest BCUT2D eigenvalue weighted by Crippen LogP contribution is 2.46. The lowest BCUT2D eigenvalue weighted by atomic mass is 10.1. The minimum absolute atomic E-state index is 0.0338. The van der Waals surface area contributed by atoms with E-state index >= 15 is 0 Å². The van der Waals surface area contributed by atoms with Crippen molar-refractivity contribution >= 4 is 45.9 Å². The van der Waals surface area contributed by atoms with E-state index in [0.29, 0.717) is 22.1 Å². The number of fused-ring (bicyclic) bond motifs is 2. The van der Waals surface area contributed by atoms with Gasteiger partial charge in [0.15, 0.2) is 11.5 Å². The molecule has 1 N–H and O–H groups in total. The number of ether oxygens (including phenoxy) is 2. The fourth-order valence-electron chi connectivity index (χ4n) is 3.15. The van der Waals surface area contributed by atoms with Gasteiger partial charge >= 0.3 is 6.29 Å². The van der Waals surface area contributed by atoms with E-state index in [1.165, 1.54) is 24.4 Å². The van der Waals surface area contributed by atoms with Gasteiger partial charge in [-0.05, 0) is 30.3 Å². The van der Waals surface area contributed by atoms with Crippen LogP contribution in [0.5, 0.6) is 11.5 Å². The van der Waals surface area contributed by atoms with Crippen molar-refractivity contribution in [3.05, 3.63) is 70.5 Å². The van der Waals surface area contributed by atoms with E-state index in [2.05, 4.69) is 19.8 Å². The number of halogens is 4. The highest BCUT2D eigenvalue weighted by atomic mass is 35.5. The molecule has 2 aromatic heterocycles. The van der Waals surface area contributed by atoms with Gasteiger partial charge in [0, 0.05) is 28.8 Å². The number of benzene rings is 2. The van der Waals surface area contributed by atoms with Crippen LogP contribution in [0.2, 0.25) is 10.0 Å². The molecule has 0 radical (unpaired) electrons. The SMILES string of the molecule is O=C(Nc1ccc(-c2cc3c(cc2Cl)OC(F)(F)O3)cn1)c1oc2ccccc2c1Cl. The third-order valence-electron chi connectivity index (χ3n) is 4.55. The monoisotopic (exact) mass is 462 g/mol. The lowest BCUT2D eigenvalue weighted by molar-refractivity contribution is -0.286. The predicted molar refractivity (Wildman–Crippen MR) is 110 cm³/mol. The second-order valence-electron chi connectivity index (χ2n) is 6.57.